The van der Waals surface area contributed by atoms with Crippen LogP contribution in [0.5, 0.6) is 0 Å². The molecule has 0 saturated carbocycles. The lowest BCUT2D eigenvalue weighted by Gasteiger charge is -2.24. The molecule has 2 rings (SSSR count). The van der Waals surface area contributed by atoms with Crippen molar-refractivity contribution in [3.63, 3.8) is 0 Å². The van der Waals surface area contributed by atoms with Gasteiger partial charge in [0.25, 0.3) is 0 Å². The Balaban J connectivity index is 1.67. The second kappa shape index (κ2) is 9.00. The Morgan fingerprint density at radius 1 is 1.23 bits per heavy atom. The fourth-order valence-electron chi connectivity index (χ4n) is 2.68. The first-order valence-corrected chi connectivity index (χ1v) is 8.81. The van der Waals surface area contributed by atoms with E-state index in [1.807, 2.05) is 30.3 Å². The average molecular weight is 364 g/mol. The zero-order chi connectivity index (χ0) is 19.2. The quantitative estimate of drug-likeness (QED) is 0.745. The lowest BCUT2D eigenvalue weighted by atomic mass is 10.1. The van der Waals surface area contributed by atoms with Crippen molar-refractivity contribution in [1.29, 1.82) is 0 Å². The standard InChI is InChI=1S/C19H28N2O5/c1-19(2,3)26-18(24)21-11-15(16(22)12-21)9-20-10-17(23)25-13-14-7-5-4-6-8-14/h4-8,15-16,20,22H,9-13H2,1-3H3/t15-,16-/m1/s1. The van der Waals surface area contributed by atoms with Crippen LogP contribution < -0.4 is 5.32 Å². The molecule has 1 aromatic rings. The topological polar surface area (TPSA) is 88.1 Å². The van der Waals surface area contributed by atoms with Crippen LogP contribution in [0, 0.1) is 5.92 Å². The van der Waals surface area contributed by atoms with E-state index in [9.17, 15) is 14.7 Å². The number of nitrogens with one attached hydrogen (secondary N) is 1. The predicted molar refractivity (Wildman–Crippen MR) is 96.4 cm³/mol. The van der Waals surface area contributed by atoms with E-state index in [0.29, 0.717) is 13.1 Å². The molecule has 26 heavy (non-hydrogen) atoms. The normalized spacial score (nSPS) is 20.1. The Morgan fingerprint density at radius 3 is 2.58 bits per heavy atom. The van der Waals surface area contributed by atoms with Crippen molar-refractivity contribution in [1.82, 2.24) is 10.2 Å². The molecule has 0 radical (unpaired) electrons. The van der Waals surface area contributed by atoms with Gasteiger partial charge in [-0.15, -0.1) is 0 Å². The molecular weight excluding hydrogens is 336 g/mol. The van der Waals surface area contributed by atoms with Crippen LogP contribution in [0.4, 0.5) is 4.79 Å². The highest BCUT2D eigenvalue weighted by atomic mass is 16.6. The highest BCUT2D eigenvalue weighted by Gasteiger charge is 2.35. The van der Waals surface area contributed by atoms with E-state index in [2.05, 4.69) is 5.32 Å². The summed E-state index contributed by atoms with van der Waals surface area (Å²) in [7, 11) is 0. The zero-order valence-electron chi connectivity index (χ0n) is 15.6. The minimum absolute atomic E-state index is 0.0580. The SMILES string of the molecule is CC(C)(C)OC(=O)N1C[C@@H](CNCC(=O)OCc2ccccc2)[C@H](O)C1. The zero-order valence-corrected chi connectivity index (χ0v) is 15.6. The maximum atomic E-state index is 12.1. The first-order chi connectivity index (χ1) is 12.2. The van der Waals surface area contributed by atoms with Crippen LogP contribution in [-0.2, 0) is 20.9 Å². The smallest absolute Gasteiger partial charge is 0.410 e. The number of nitrogens with zero attached hydrogens (tertiary/aromatic N) is 1. The molecule has 7 heteroatoms. The summed E-state index contributed by atoms with van der Waals surface area (Å²) < 4.78 is 10.5. The minimum atomic E-state index is -0.643. The van der Waals surface area contributed by atoms with Crippen LogP contribution >= 0.6 is 0 Å². The van der Waals surface area contributed by atoms with Crippen LogP contribution in [0.1, 0.15) is 26.3 Å². The Kier molecular flexibility index (Phi) is 6.99. The van der Waals surface area contributed by atoms with Gasteiger partial charge in [0.15, 0.2) is 0 Å². The maximum Gasteiger partial charge on any atom is 0.410 e. The number of carbonyl (C=O) groups excluding carboxylic acids is 2. The molecule has 1 fully saturated rings. The van der Waals surface area contributed by atoms with Gasteiger partial charge in [-0.25, -0.2) is 4.79 Å². The summed E-state index contributed by atoms with van der Waals surface area (Å²) >= 11 is 0. The predicted octanol–water partition coefficient (Wildman–Crippen LogP) is 1.55. The van der Waals surface area contributed by atoms with Crippen molar-refractivity contribution >= 4 is 12.1 Å². The summed E-state index contributed by atoms with van der Waals surface area (Å²) in [4.78, 5) is 25.3. The fourth-order valence-corrected chi connectivity index (χ4v) is 2.68. The number of ether oxygens (including phenoxy) is 2. The summed E-state index contributed by atoms with van der Waals surface area (Å²) in [6.07, 6.45) is -1.07. The third-order valence-electron chi connectivity index (χ3n) is 3.98. The van der Waals surface area contributed by atoms with E-state index < -0.39 is 17.8 Å². The maximum absolute atomic E-state index is 12.1. The van der Waals surface area contributed by atoms with E-state index in [4.69, 9.17) is 9.47 Å². The molecule has 1 heterocycles. The van der Waals surface area contributed by atoms with Crippen molar-refractivity contribution in [2.75, 3.05) is 26.2 Å². The van der Waals surface area contributed by atoms with Gasteiger partial charge in [-0.05, 0) is 26.3 Å². The summed E-state index contributed by atoms with van der Waals surface area (Å²) in [5.41, 5.74) is 0.362. The van der Waals surface area contributed by atoms with Gasteiger partial charge in [-0.3, -0.25) is 4.79 Å². The van der Waals surface area contributed by atoms with Crippen LogP contribution in [0.25, 0.3) is 0 Å². The van der Waals surface area contributed by atoms with E-state index in [1.165, 1.54) is 4.90 Å². The van der Waals surface area contributed by atoms with E-state index in [1.54, 1.807) is 20.8 Å². The number of rotatable bonds is 6. The molecule has 0 aliphatic carbocycles. The number of hydrogen-bond acceptors (Lipinski definition) is 6. The van der Waals surface area contributed by atoms with Crippen molar-refractivity contribution in [3.8, 4) is 0 Å². The van der Waals surface area contributed by atoms with Gasteiger partial charge in [-0.1, -0.05) is 30.3 Å². The minimum Gasteiger partial charge on any atom is -0.460 e. The molecule has 1 aromatic carbocycles. The molecule has 1 amide bonds. The summed E-state index contributed by atoms with van der Waals surface area (Å²) in [6, 6.07) is 9.46. The van der Waals surface area contributed by atoms with Crippen LogP contribution in [0.15, 0.2) is 30.3 Å². The largest absolute Gasteiger partial charge is 0.460 e. The number of aliphatic hydroxyl groups excluding tert-OH is 1. The molecule has 0 spiro atoms. The molecule has 2 N–H and O–H groups in total. The second-order valence-corrected chi connectivity index (χ2v) is 7.49. The highest BCUT2D eigenvalue weighted by molar-refractivity contribution is 5.71. The van der Waals surface area contributed by atoms with Gasteiger partial charge in [0.1, 0.15) is 12.2 Å². The van der Waals surface area contributed by atoms with Crippen molar-refractivity contribution < 1.29 is 24.2 Å². The Hall–Kier alpha value is -2.12. The summed E-state index contributed by atoms with van der Waals surface area (Å²) in [6.45, 7) is 6.75. The molecule has 1 saturated heterocycles. The first kappa shape index (κ1) is 20.2. The number of aliphatic hydroxyl groups is 1. The molecular formula is C19H28N2O5. The van der Waals surface area contributed by atoms with Crippen molar-refractivity contribution in [3.05, 3.63) is 35.9 Å². The summed E-state index contributed by atoms with van der Waals surface area (Å²) in [5.74, 6) is -0.505. The van der Waals surface area contributed by atoms with Crippen LogP contribution in [0.3, 0.4) is 0 Å². The number of hydrogen-bond donors (Lipinski definition) is 2. The molecule has 144 valence electrons. The molecule has 0 unspecified atom stereocenters. The molecule has 2 atom stereocenters. The molecule has 0 bridgehead atoms. The van der Waals surface area contributed by atoms with E-state index in [0.717, 1.165) is 5.56 Å². The van der Waals surface area contributed by atoms with Gasteiger partial charge in [0.05, 0.1) is 19.2 Å². The molecule has 7 nitrogen and oxygen atoms in total. The molecule has 1 aliphatic heterocycles. The van der Waals surface area contributed by atoms with Gasteiger partial charge in [0, 0.05) is 19.0 Å². The third-order valence-corrected chi connectivity index (χ3v) is 3.98. The molecule has 0 aromatic heterocycles. The summed E-state index contributed by atoms with van der Waals surface area (Å²) in [5, 5.41) is 13.1. The van der Waals surface area contributed by atoms with Gasteiger partial charge in [0.2, 0.25) is 0 Å². The third kappa shape index (κ3) is 6.65. The molecule has 1 aliphatic rings. The lowest BCUT2D eigenvalue weighted by Crippen LogP contribution is -2.36. The van der Waals surface area contributed by atoms with E-state index in [-0.39, 0.29) is 31.6 Å². The number of likely N-dealkylation sites (tertiary alicyclic amines) is 1. The average Bonchev–Trinajstić information content (AvgIpc) is 2.94. The van der Waals surface area contributed by atoms with Crippen molar-refractivity contribution in [2.24, 2.45) is 5.92 Å². The monoisotopic (exact) mass is 364 g/mol. The number of benzene rings is 1. The number of amides is 1. The van der Waals surface area contributed by atoms with E-state index >= 15 is 0 Å². The van der Waals surface area contributed by atoms with Gasteiger partial charge < -0.3 is 24.8 Å². The Labute approximate surface area is 154 Å². The lowest BCUT2D eigenvalue weighted by molar-refractivity contribution is -0.143. The highest BCUT2D eigenvalue weighted by Crippen LogP contribution is 2.19. The Bertz CT molecular complexity index is 600. The van der Waals surface area contributed by atoms with Gasteiger partial charge >= 0.3 is 12.1 Å². The second-order valence-electron chi connectivity index (χ2n) is 7.49. The number of β-amino-alcohol motifs (C(OH)–C–C–N with tert-alkyl or cyclic N) is 1. The van der Waals surface area contributed by atoms with Crippen molar-refractivity contribution in [2.45, 2.75) is 39.1 Å². The first-order valence-electron chi connectivity index (χ1n) is 8.81. The number of carbonyl (C=O) groups is 2. The number of esters is 1. The van der Waals surface area contributed by atoms with Crippen LogP contribution in [-0.4, -0.2) is 60.0 Å². The van der Waals surface area contributed by atoms with Gasteiger partial charge in [-0.2, -0.15) is 0 Å². The Morgan fingerprint density at radius 2 is 1.92 bits per heavy atom. The fraction of sp³-hybridized carbons (Fsp3) is 0.579. The van der Waals surface area contributed by atoms with Crippen LogP contribution in [0.2, 0.25) is 0 Å².